The third-order valence-electron chi connectivity index (χ3n) is 18.4. The number of benzene rings is 10. The van der Waals surface area contributed by atoms with Crippen molar-refractivity contribution in [3.8, 4) is 5.69 Å². The molecule has 0 amide bonds. The van der Waals surface area contributed by atoms with E-state index in [1.807, 2.05) is 0 Å². The molecule has 0 saturated carbocycles. The maximum absolute atomic E-state index is 4.69. The van der Waals surface area contributed by atoms with Crippen molar-refractivity contribution < 1.29 is 0 Å². The van der Waals surface area contributed by atoms with Crippen molar-refractivity contribution >= 4 is 133 Å². The molecule has 0 radical (unpaired) electrons. The van der Waals surface area contributed by atoms with Gasteiger partial charge in [-0.05, 0) is 116 Å². The lowest BCUT2D eigenvalue weighted by Gasteiger charge is -2.36. The van der Waals surface area contributed by atoms with Gasteiger partial charge in [0, 0.05) is 94.7 Å². The van der Waals surface area contributed by atoms with Crippen LogP contribution in [0.4, 0.5) is 22.7 Å². The molecule has 0 N–H and O–H groups in total. The predicted molar refractivity (Wildman–Crippen MR) is 371 cm³/mol. The zero-order valence-corrected chi connectivity index (χ0v) is 48.5. The van der Waals surface area contributed by atoms with E-state index in [4.69, 9.17) is 6.58 Å². The molecule has 6 nitrogen and oxygen atoms in total. The minimum atomic E-state index is -0.175. The number of rotatable bonds is 8. The Morgan fingerprint density at radius 3 is 1.79 bits per heavy atom. The summed E-state index contributed by atoms with van der Waals surface area (Å²) < 4.78 is 10.2. The molecule has 17 rings (SSSR count). The van der Waals surface area contributed by atoms with Crippen LogP contribution in [0.3, 0.4) is 0 Å². The minimum Gasteiger partial charge on any atom is -0.337 e. The number of nitrogens with zero attached hydrogens (tertiary/aromatic N) is 6. The molecule has 3 aliphatic rings. The molecule has 0 saturated heterocycles. The third kappa shape index (κ3) is 7.74. The zero-order chi connectivity index (χ0) is 57.9. The van der Waals surface area contributed by atoms with Crippen LogP contribution in [0.5, 0.6) is 0 Å². The van der Waals surface area contributed by atoms with Gasteiger partial charge < -0.3 is 28.1 Å². The second-order valence-corrected chi connectivity index (χ2v) is 23.3. The van der Waals surface area contributed by atoms with Crippen molar-refractivity contribution in [2.45, 2.75) is 25.9 Å². The molecule has 0 spiro atoms. The largest absolute Gasteiger partial charge is 0.337 e. The van der Waals surface area contributed by atoms with E-state index in [0.29, 0.717) is 6.54 Å². The lowest BCUT2D eigenvalue weighted by molar-refractivity contribution is 0.709. The second-order valence-electron chi connectivity index (χ2n) is 23.3. The summed E-state index contributed by atoms with van der Waals surface area (Å²) in [5.74, 6) is 0. The Labute approximate surface area is 504 Å². The van der Waals surface area contributed by atoms with Gasteiger partial charge in [0.2, 0.25) is 0 Å². The average Bonchev–Trinajstić information content (AvgIpc) is 1.62. The number of hydrogen-bond donors (Lipinski definition) is 0. The molecule has 14 aromatic rings. The summed E-state index contributed by atoms with van der Waals surface area (Å²) >= 11 is 0. The maximum Gasteiger partial charge on any atom is 0.0785 e. The molecule has 414 valence electrons. The van der Waals surface area contributed by atoms with Gasteiger partial charge in [0.25, 0.3) is 0 Å². The van der Waals surface area contributed by atoms with E-state index in [2.05, 4.69) is 333 Å². The van der Waals surface area contributed by atoms with Crippen molar-refractivity contribution in [2.75, 3.05) is 16.3 Å². The van der Waals surface area contributed by atoms with Crippen LogP contribution < -0.4 is 9.80 Å². The molecule has 10 aromatic carbocycles. The van der Waals surface area contributed by atoms with Crippen LogP contribution in [0.1, 0.15) is 31.0 Å². The topological polar surface area (TPSA) is 26.2 Å². The summed E-state index contributed by atoms with van der Waals surface area (Å²) in [6.45, 7) is 10.1. The summed E-state index contributed by atoms with van der Waals surface area (Å²) in [7, 11) is 0. The second kappa shape index (κ2) is 20.0. The van der Waals surface area contributed by atoms with Gasteiger partial charge in [0.15, 0.2) is 0 Å². The third-order valence-corrected chi connectivity index (χ3v) is 18.4. The van der Waals surface area contributed by atoms with Crippen LogP contribution in [-0.4, -0.2) is 30.9 Å². The average molecular weight is 1120 g/mol. The molecule has 2 atom stereocenters. The molecule has 2 bridgehead atoms. The summed E-state index contributed by atoms with van der Waals surface area (Å²) in [6, 6.07) is 82.4. The Morgan fingerprint density at radius 1 is 0.471 bits per heavy atom. The van der Waals surface area contributed by atoms with Crippen LogP contribution >= 0.6 is 0 Å². The normalized spacial score (nSPS) is 16.5. The Morgan fingerprint density at radius 2 is 1.05 bits per heavy atom. The van der Waals surface area contributed by atoms with Crippen LogP contribution in [0.2, 0.25) is 0 Å². The fourth-order valence-electron chi connectivity index (χ4n) is 14.8. The number of fused-ring (bicyclic) bond motifs is 19. The highest BCUT2D eigenvalue weighted by atomic mass is 15.2. The number of aromatic nitrogens is 4. The predicted octanol–water partition coefficient (Wildman–Crippen LogP) is 21.1. The molecule has 6 heterocycles. The standard InChI is InChI=1S/C81H60N6/c1-53-26-8-7-25-49-82(57-28-9-4-10-29-57)78-62(53)45-47-74-76(78)68-37-19-23-41-72(68)83(74)54(2)50-61(87-71-40-22-18-36-65(71)67-44-43-63-56-27-15-16-34-60(52-56)85(80(63)81(67)87)58-30-11-5-12-31-58)51-55(3)84-73-42-24-20-38-69(73)77-75(84)48-46-66-64-35-17-21-39-70(64)86(79(66)77)59-32-13-6-14-33-59/h4-48,50-52,54,60H,1,49H2,2-3H3/b25-7-,26-8-,55-51+,61-50+/t54-,60?/m0/s1. The van der Waals surface area contributed by atoms with E-state index >= 15 is 0 Å². The first-order valence-corrected chi connectivity index (χ1v) is 30.3. The van der Waals surface area contributed by atoms with Crippen molar-refractivity contribution in [1.82, 2.24) is 18.3 Å². The molecule has 1 unspecified atom stereocenters. The first kappa shape index (κ1) is 50.4. The smallest absolute Gasteiger partial charge is 0.0785 e. The van der Waals surface area contributed by atoms with E-state index in [-0.39, 0.29) is 12.1 Å². The minimum absolute atomic E-state index is 0.0228. The molecular formula is C81H60N6. The molecule has 6 heteroatoms. The maximum atomic E-state index is 4.69. The number of hydrogen-bond acceptors (Lipinski definition) is 2. The Hall–Kier alpha value is -11.1. The van der Waals surface area contributed by atoms with Gasteiger partial charge in [0.1, 0.15) is 0 Å². The fourth-order valence-corrected chi connectivity index (χ4v) is 14.8. The van der Waals surface area contributed by atoms with Crippen molar-refractivity contribution in [3.05, 3.63) is 309 Å². The quantitative estimate of drug-likeness (QED) is 0.142. The highest BCUT2D eigenvalue weighted by Crippen LogP contribution is 2.51. The Bertz CT molecular complexity index is 5420. The van der Waals surface area contributed by atoms with Crippen LogP contribution in [-0.2, 0) is 0 Å². The van der Waals surface area contributed by atoms with Crippen molar-refractivity contribution in [3.63, 3.8) is 0 Å². The van der Waals surface area contributed by atoms with Crippen LogP contribution in [0.25, 0.3) is 115 Å². The molecule has 2 aliphatic heterocycles. The first-order chi connectivity index (χ1) is 43.0. The van der Waals surface area contributed by atoms with Crippen molar-refractivity contribution in [1.29, 1.82) is 0 Å². The molecule has 0 fully saturated rings. The highest BCUT2D eigenvalue weighted by molar-refractivity contribution is 6.27. The van der Waals surface area contributed by atoms with Gasteiger partial charge in [-0.1, -0.05) is 207 Å². The van der Waals surface area contributed by atoms with Gasteiger partial charge in [-0.3, -0.25) is 0 Å². The Kier molecular flexibility index (Phi) is 11.6. The van der Waals surface area contributed by atoms with Crippen LogP contribution in [0, 0.1) is 0 Å². The lowest BCUT2D eigenvalue weighted by Crippen LogP contribution is -2.31. The van der Waals surface area contributed by atoms with E-state index in [9.17, 15) is 0 Å². The van der Waals surface area contributed by atoms with Crippen LogP contribution in [0.15, 0.2) is 298 Å². The molecule has 1 aliphatic carbocycles. The number of para-hydroxylation sites is 7. The van der Waals surface area contributed by atoms with E-state index in [1.165, 1.54) is 76.5 Å². The summed E-state index contributed by atoms with van der Waals surface area (Å²) in [5, 5.41) is 9.71. The lowest BCUT2D eigenvalue weighted by atomic mass is 9.93. The summed E-state index contributed by atoms with van der Waals surface area (Å²) in [5.41, 5.74) is 21.7. The van der Waals surface area contributed by atoms with Gasteiger partial charge in [-0.15, -0.1) is 0 Å². The van der Waals surface area contributed by atoms with E-state index in [1.54, 1.807) is 0 Å². The summed E-state index contributed by atoms with van der Waals surface area (Å²) in [6.07, 6.45) is 25.1. The van der Waals surface area contributed by atoms with Crippen molar-refractivity contribution in [2.24, 2.45) is 0 Å². The first-order valence-electron chi connectivity index (χ1n) is 30.3. The zero-order valence-electron chi connectivity index (χ0n) is 48.5. The van der Waals surface area contributed by atoms with Gasteiger partial charge in [-0.2, -0.15) is 0 Å². The van der Waals surface area contributed by atoms with E-state index < -0.39 is 0 Å². The number of allylic oxidation sites excluding steroid dienone is 12. The van der Waals surface area contributed by atoms with Gasteiger partial charge in [-0.25, -0.2) is 0 Å². The summed E-state index contributed by atoms with van der Waals surface area (Å²) in [4.78, 5) is 5.03. The van der Waals surface area contributed by atoms with Gasteiger partial charge >= 0.3 is 0 Å². The molecular weight excluding hydrogens is 1060 g/mol. The Balaban J connectivity index is 0.978. The highest BCUT2D eigenvalue weighted by Gasteiger charge is 2.32. The van der Waals surface area contributed by atoms with E-state index in [0.717, 1.165) is 72.9 Å². The number of anilines is 4. The molecule has 4 aromatic heterocycles. The molecule has 87 heavy (non-hydrogen) atoms. The monoisotopic (exact) mass is 1120 g/mol. The fraction of sp³-hybridized carbons (Fsp3) is 0.0617. The van der Waals surface area contributed by atoms with Gasteiger partial charge in [0.05, 0.1) is 62.1 Å². The SMILES string of the molecule is C=C1/C=C\C=C/CN(c2ccccc2)c2c1ccc1c2c2ccccc2n1[C@@H](C)/C=C(\C=C(/C)n1c2ccccc2c2c1ccc1c3ccccc3n(-c3ccccc3)c12)n1c2ccccc2c2ccc3c(c21)N(c1ccccc1)C1C=CC=CC3=C1.